The lowest BCUT2D eigenvalue weighted by Gasteiger charge is -2.25. The molecular formula is C14H12Cl2N4O2. The molecular weight excluding hydrogens is 327 g/mol. The van der Waals surface area contributed by atoms with Gasteiger partial charge < -0.3 is 10.1 Å². The van der Waals surface area contributed by atoms with Gasteiger partial charge in [0.1, 0.15) is 6.04 Å². The van der Waals surface area contributed by atoms with E-state index in [1.807, 2.05) is 0 Å². The van der Waals surface area contributed by atoms with E-state index in [2.05, 4.69) is 15.6 Å². The van der Waals surface area contributed by atoms with Crippen LogP contribution in [0.3, 0.4) is 0 Å². The molecule has 0 amide bonds. The summed E-state index contributed by atoms with van der Waals surface area (Å²) in [6.07, 6.45) is 1.77. The quantitative estimate of drug-likeness (QED) is 0.491. The van der Waals surface area contributed by atoms with Crippen LogP contribution < -0.4 is 10.6 Å². The Kier molecular flexibility index (Phi) is 4.91. The molecule has 1 aromatic carbocycles. The lowest BCUT2D eigenvalue weighted by molar-refractivity contribution is -0.136. The van der Waals surface area contributed by atoms with Crippen LogP contribution >= 0.6 is 23.2 Å². The molecule has 0 fully saturated rings. The summed E-state index contributed by atoms with van der Waals surface area (Å²) in [6.45, 7) is 1.69. The number of ether oxygens (including phenoxy) is 1. The normalized spacial score (nSPS) is 17.2. The first kappa shape index (κ1) is 16.1. The van der Waals surface area contributed by atoms with Gasteiger partial charge in [0.2, 0.25) is 5.96 Å². The Labute approximate surface area is 137 Å². The molecule has 0 saturated heterocycles. The fourth-order valence-corrected chi connectivity index (χ4v) is 2.53. The zero-order valence-electron chi connectivity index (χ0n) is 11.8. The Morgan fingerprint density at radius 2 is 2.23 bits per heavy atom. The molecule has 0 saturated carbocycles. The molecule has 0 bridgehead atoms. The van der Waals surface area contributed by atoms with Crippen LogP contribution in [0, 0.1) is 11.5 Å². The lowest BCUT2D eigenvalue weighted by atomic mass is 9.96. The number of carbonyl (C=O) groups is 1. The standard InChI is InChI=1S/C14H12Cl2N4O2/c1-7-10(13(21)22-2)12(20-14(19-7)18-6-17)8-4-3-5-9(15)11(8)16/h3-5,12H,1-2H3,(H2,18,19,20). The molecule has 22 heavy (non-hydrogen) atoms. The summed E-state index contributed by atoms with van der Waals surface area (Å²) in [5.41, 5.74) is 1.36. The molecule has 1 heterocycles. The molecule has 8 heteroatoms. The topological polar surface area (TPSA) is 86.5 Å². The van der Waals surface area contributed by atoms with Gasteiger partial charge in [-0.15, -0.1) is 0 Å². The molecule has 0 spiro atoms. The van der Waals surface area contributed by atoms with Gasteiger partial charge in [0.25, 0.3) is 0 Å². The number of guanidine groups is 1. The van der Waals surface area contributed by atoms with Gasteiger partial charge in [-0.25, -0.2) is 9.79 Å². The number of aliphatic imine (C=N–C) groups is 1. The number of rotatable bonds is 2. The van der Waals surface area contributed by atoms with E-state index in [-0.39, 0.29) is 5.96 Å². The number of carbonyl (C=O) groups excluding carboxylic acids is 1. The van der Waals surface area contributed by atoms with Crippen LogP contribution in [0.25, 0.3) is 0 Å². The average Bonchev–Trinajstić information content (AvgIpc) is 2.49. The molecule has 1 aliphatic rings. The lowest BCUT2D eigenvalue weighted by Crippen LogP contribution is -2.39. The van der Waals surface area contributed by atoms with E-state index in [1.165, 1.54) is 7.11 Å². The van der Waals surface area contributed by atoms with E-state index in [9.17, 15) is 4.79 Å². The zero-order chi connectivity index (χ0) is 16.3. The van der Waals surface area contributed by atoms with Crippen LogP contribution in [0.5, 0.6) is 0 Å². The third-order valence-electron chi connectivity index (χ3n) is 3.10. The summed E-state index contributed by atoms with van der Waals surface area (Å²) >= 11 is 12.3. The van der Waals surface area contributed by atoms with E-state index in [1.54, 1.807) is 31.3 Å². The number of allylic oxidation sites excluding steroid dienone is 1. The number of nitrogens with one attached hydrogen (secondary N) is 2. The summed E-state index contributed by atoms with van der Waals surface area (Å²) in [5.74, 6) is -0.320. The Morgan fingerprint density at radius 1 is 1.50 bits per heavy atom. The summed E-state index contributed by atoms with van der Waals surface area (Å²) in [6, 6.07) is 4.34. The number of halogens is 2. The van der Waals surface area contributed by atoms with Crippen molar-refractivity contribution in [1.29, 1.82) is 5.26 Å². The fraction of sp³-hybridized carbons (Fsp3) is 0.214. The van der Waals surface area contributed by atoms with Gasteiger partial charge >= 0.3 is 5.97 Å². The van der Waals surface area contributed by atoms with Crippen molar-refractivity contribution < 1.29 is 9.53 Å². The second-order valence-corrected chi connectivity index (χ2v) is 5.20. The molecule has 0 aliphatic carbocycles. The maximum Gasteiger partial charge on any atom is 0.338 e. The minimum Gasteiger partial charge on any atom is -0.466 e. The molecule has 1 unspecified atom stereocenters. The number of hydrogen-bond acceptors (Lipinski definition) is 6. The minimum atomic E-state index is -0.726. The first-order chi connectivity index (χ1) is 10.5. The van der Waals surface area contributed by atoms with E-state index in [0.29, 0.717) is 26.9 Å². The van der Waals surface area contributed by atoms with Crippen LogP contribution in [0.2, 0.25) is 10.0 Å². The number of methoxy groups -OCH3 is 1. The van der Waals surface area contributed by atoms with Crippen LogP contribution in [0.15, 0.2) is 34.5 Å². The number of hydrogen-bond donors (Lipinski definition) is 2. The van der Waals surface area contributed by atoms with E-state index in [0.717, 1.165) is 0 Å². The second-order valence-electron chi connectivity index (χ2n) is 4.42. The monoisotopic (exact) mass is 338 g/mol. The fourth-order valence-electron chi connectivity index (χ4n) is 2.12. The van der Waals surface area contributed by atoms with Gasteiger partial charge in [-0.2, -0.15) is 5.26 Å². The third-order valence-corrected chi connectivity index (χ3v) is 3.93. The van der Waals surface area contributed by atoms with Crippen molar-refractivity contribution in [2.75, 3.05) is 7.11 Å². The zero-order valence-corrected chi connectivity index (χ0v) is 13.3. The highest BCUT2D eigenvalue weighted by atomic mass is 35.5. The number of nitriles is 1. The van der Waals surface area contributed by atoms with Gasteiger partial charge in [-0.05, 0) is 13.0 Å². The van der Waals surface area contributed by atoms with Crippen LogP contribution in [-0.2, 0) is 9.53 Å². The van der Waals surface area contributed by atoms with Gasteiger partial charge in [-0.3, -0.25) is 5.32 Å². The Hall–Kier alpha value is -2.23. The van der Waals surface area contributed by atoms with Gasteiger partial charge in [-0.1, -0.05) is 35.3 Å². The summed E-state index contributed by atoms with van der Waals surface area (Å²) in [7, 11) is 1.28. The van der Waals surface area contributed by atoms with Crippen molar-refractivity contribution in [2.45, 2.75) is 13.0 Å². The number of nitrogens with zero attached hydrogens (tertiary/aromatic N) is 2. The predicted molar refractivity (Wildman–Crippen MR) is 83.2 cm³/mol. The Balaban J connectivity index is 2.59. The molecule has 1 aromatic rings. The molecule has 114 valence electrons. The maximum atomic E-state index is 12.1. The molecule has 2 N–H and O–H groups in total. The highest BCUT2D eigenvalue weighted by molar-refractivity contribution is 6.42. The summed E-state index contributed by atoms with van der Waals surface area (Å²) in [4.78, 5) is 16.4. The van der Waals surface area contributed by atoms with E-state index < -0.39 is 12.0 Å². The molecule has 2 rings (SSSR count). The van der Waals surface area contributed by atoms with Crippen molar-refractivity contribution in [3.8, 4) is 6.19 Å². The van der Waals surface area contributed by atoms with Crippen molar-refractivity contribution in [1.82, 2.24) is 10.6 Å². The predicted octanol–water partition coefficient (Wildman–Crippen LogP) is 2.51. The van der Waals surface area contributed by atoms with Crippen molar-refractivity contribution >= 4 is 35.1 Å². The maximum absolute atomic E-state index is 12.1. The molecule has 6 nitrogen and oxygen atoms in total. The minimum absolute atomic E-state index is 0.216. The molecule has 0 radical (unpaired) electrons. The largest absolute Gasteiger partial charge is 0.466 e. The summed E-state index contributed by atoms with van der Waals surface area (Å²) < 4.78 is 4.81. The van der Waals surface area contributed by atoms with Crippen molar-refractivity contribution in [2.24, 2.45) is 4.99 Å². The van der Waals surface area contributed by atoms with Crippen molar-refractivity contribution in [3.63, 3.8) is 0 Å². The van der Waals surface area contributed by atoms with Crippen LogP contribution in [0.1, 0.15) is 18.5 Å². The smallest absolute Gasteiger partial charge is 0.338 e. The Bertz CT molecular complexity index is 722. The Morgan fingerprint density at radius 3 is 2.86 bits per heavy atom. The first-order valence-electron chi connectivity index (χ1n) is 6.22. The number of esters is 1. The highest BCUT2D eigenvalue weighted by Gasteiger charge is 2.31. The van der Waals surface area contributed by atoms with Gasteiger partial charge in [0.15, 0.2) is 6.19 Å². The average molecular weight is 339 g/mol. The highest BCUT2D eigenvalue weighted by Crippen LogP contribution is 2.37. The van der Waals surface area contributed by atoms with Gasteiger partial charge in [0, 0.05) is 11.3 Å². The van der Waals surface area contributed by atoms with Crippen molar-refractivity contribution in [3.05, 3.63) is 45.1 Å². The van der Waals surface area contributed by atoms with E-state index in [4.69, 9.17) is 33.2 Å². The molecule has 1 atom stereocenters. The second kappa shape index (κ2) is 6.69. The van der Waals surface area contributed by atoms with Crippen LogP contribution in [-0.4, -0.2) is 19.0 Å². The van der Waals surface area contributed by atoms with Gasteiger partial charge in [0.05, 0.1) is 22.7 Å². The number of benzene rings is 1. The third kappa shape index (κ3) is 3.01. The van der Waals surface area contributed by atoms with E-state index >= 15 is 0 Å². The van der Waals surface area contributed by atoms with Crippen LogP contribution in [0.4, 0.5) is 0 Å². The molecule has 1 aliphatic heterocycles. The molecule has 0 aromatic heterocycles. The first-order valence-corrected chi connectivity index (χ1v) is 6.98. The SMILES string of the molecule is COC(=O)C1=C(C)NC(NC#N)=NC1c1cccc(Cl)c1Cl. The summed E-state index contributed by atoms with van der Waals surface area (Å²) in [5, 5.41) is 14.6.